The molecule has 0 spiro atoms. The van der Waals surface area contributed by atoms with E-state index in [0.717, 1.165) is 16.5 Å². The Morgan fingerprint density at radius 1 is 1.12 bits per heavy atom. The smallest absolute Gasteiger partial charge is 0.255 e. The lowest BCUT2D eigenvalue weighted by atomic mass is 10.1. The van der Waals surface area contributed by atoms with Gasteiger partial charge in [0, 0.05) is 31.6 Å². The molecule has 1 aliphatic rings. The van der Waals surface area contributed by atoms with Crippen molar-refractivity contribution in [2.24, 2.45) is 0 Å². The molecule has 1 fully saturated rings. The predicted octanol–water partition coefficient (Wildman–Crippen LogP) is 1.96. The average molecular weight is 361 g/mol. The first-order valence-electron chi connectivity index (χ1n) is 8.47. The topological polar surface area (TPSA) is 70.6 Å². The summed E-state index contributed by atoms with van der Waals surface area (Å²) in [4.78, 5) is 19.2. The number of aryl methyl sites for hydroxylation is 2. The highest BCUT2D eigenvalue weighted by Gasteiger charge is 2.28. The molecule has 1 saturated heterocycles. The van der Waals surface area contributed by atoms with Gasteiger partial charge in [-0.25, -0.2) is 8.42 Å². The number of aromatic nitrogens is 1. The zero-order chi connectivity index (χ0) is 18.2. The van der Waals surface area contributed by atoms with Crippen LogP contribution in [0.5, 0.6) is 0 Å². The number of carbonyl (C=O) groups excluding carboxylic acids is 1. The molecular weight excluding hydrogens is 338 g/mol. The fourth-order valence-electron chi connectivity index (χ4n) is 3.13. The summed E-state index contributed by atoms with van der Waals surface area (Å²) in [5.41, 5.74) is 3.28. The number of pyridine rings is 1. The molecule has 0 atom stereocenters. The maximum atomic E-state index is 12.9. The number of benzene rings is 1. The third-order valence-corrected chi connectivity index (χ3v) is 6.56. The molecule has 7 heteroatoms. The van der Waals surface area contributed by atoms with Gasteiger partial charge in [0.25, 0.3) is 5.91 Å². The molecule has 6 nitrogen and oxygen atoms in total. The maximum Gasteiger partial charge on any atom is 0.255 e. The molecule has 3 rings (SSSR count). The first-order chi connectivity index (χ1) is 11.8. The van der Waals surface area contributed by atoms with Crippen molar-refractivity contribution < 1.29 is 13.2 Å². The first-order valence-corrected chi connectivity index (χ1v) is 10.1. The highest BCUT2D eigenvalue weighted by molar-refractivity contribution is 7.89. The van der Waals surface area contributed by atoms with Crippen LogP contribution in [0.3, 0.4) is 0 Å². The minimum atomic E-state index is -3.19. The monoisotopic (exact) mass is 361 g/mol. The van der Waals surface area contributed by atoms with Crippen molar-refractivity contribution in [3.63, 3.8) is 0 Å². The number of amides is 1. The summed E-state index contributed by atoms with van der Waals surface area (Å²) in [6.45, 7) is 6.99. The van der Waals surface area contributed by atoms with Crippen LogP contribution in [0, 0.1) is 13.8 Å². The number of hydrogen-bond acceptors (Lipinski definition) is 4. The molecule has 1 aliphatic heterocycles. The Morgan fingerprint density at radius 2 is 1.80 bits per heavy atom. The fourth-order valence-corrected chi connectivity index (χ4v) is 4.22. The number of fused-ring (bicyclic) bond motifs is 1. The number of hydrogen-bond donors (Lipinski definition) is 0. The van der Waals surface area contributed by atoms with Crippen molar-refractivity contribution in [2.45, 2.75) is 20.8 Å². The van der Waals surface area contributed by atoms with E-state index in [0.29, 0.717) is 37.4 Å². The fraction of sp³-hybridized carbons (Fsp3) is 0.444. The van der Waals surface area contributed by atoms with Crippen LogP contribution < -0.4 is 0 Å². The van der Waals surface area contributed by atoms with Crippen molar-refractivity contribution in [3.8, 4) is 0 Å². The lowest BCUT2D eigenvalue weighted by molar-refractivity contribution is 0.0697. The molecule has 0 saturated carbocycles. The van der Waals surface area contributed by atoms with Gasteiger partial charge in [0.2, 0.25) is 10.0 Å². The molecule has 25 heavy (non-hydrogen) atoms. The second kappa shape index (κ2) is 6.72. The third-order valence-electron chi connectivity index (χ3n) is 4.68. The van der Waals surface area contributed by atoms with Crippen LogP contribution in [0.1, 0.15) is 28.5 Å². The van der Waals surface area contributed by atoms with E-state index >= 15 is 0 Å². The van der Waals surface area contributed by atoms with Crippen molar-refractivity contribution >= 4 is 26.8 Å². The van der Waals surface area contributed by atoms with E-state index in [1.54, 1.807) is 11.8 Å². The molecular formula is C18H23N3O3S. The van der Waals surface area contributed by atoms with Crippen LogP contribution in [0.4, 0.5) is 0 Å². The molecule has 1 amide bonds. The Balaban J connectivity index is 1.82. The zero-order valence-electron chi connectivity index (χ0n) is 14.8. The van der Waals surface area contributed by atoms with Gasteiger partial charge in [0.1, 0.15) is 0 Å². The third kappa shape index (κ3) is 3.52. The Kier molecular flexibility index (Phi) is 4.79. The summed E-state index contributed by atoms with van der Waals surface area (Å²) >= 11 is 0. The van der Waals surface area contributed by atoms with Crippen molar-refractivity contribution in [2.75, 3.05) is 31.9 Å². The van der Waals surface area contributed by atoms with E-state index in [-0.39, 0.29) is 11.7 Å². The summed E-state index contributed by atoms with van der Waals surface area (Å²) < 4.78 is 25.4. The largest absolute Gasteiger partial charge is 0.336 e. The molecule has 2 heterocycles. The Labute approximate surface area is 148 Å². The number of rotatable bonds is 3. The van der Waals surface area contributed by atoms with E-state index in [4.69, 9.17) is 0 Å². The van der Waals surface area contributed by atoms with Gasteiger partial charge in [-0.3, -0.25) is 9.78 Å². The van der Waals surface area contributed by atoms with Crippen molar-refractivity contribution in [3.05, 3.63) is 41.1 Å². The lowest BCUT2D eigenvalue weighted by Gasteiger charge is -2.34. The van der Waals surface area contributed by atoms with Crippen molar-refractivity contribution in [1.29, 1.82) is 0 Å². The molecule has 0 N–H and O–H groups in total. The zero-order valence-corrected chi connectivity index (χ0v) is 15.6. The van der Waals surface area contributed by atoms with E-state index in [1.807, 2.05) is 38.1 Å². The summed E-state index contributed by atoms with van der Waals surface area (Å²) in [6.07, 6.45) is 0. The molecule has 2 aromatic rings. The van der Waals surface area contributed by atoms with E-state index in [2.05, 4.69) is 4.98 Å². The van der Waals surface area contributed by atoms with Gasteiger partial charge in [-0.1, -0.05) is 11.6 Å². The van der Waals surface area contributed by atoms with E-state index < -0.39 is 10.0 Å². The summed E-state index contributed by atoms with van der Waals surface area (Å²) in [5.74, 6) is 0.00974. The maximum absolute atomic E-state index is 12.9. The molecule has 0 aliphatic carbocycles. The number of piperazine rings is 1. The van der Waals surface area contributed by atoms with Gasteiger partial charge in [0.05, 0.1) is 22.5 Å². The van der Waals surface area contributed by atoms with E-state index in [9.17, 15) is 13.2 Å². The highest BCUT2D eigenvalue weighted by atomic mass is 32.2. The van der Waals surface area contributed by atoms with Crippen molar-refractivity contribution in [1.82, 2.24) is 14.2 Å². The predicted molar refractivity (Wildman–Crippen MR) is 98.2 cm³/mol. The second-order valence-electron chi connectivity index (χ2n) is 6.41. The van der Waals surface area contributed by atoms with Crippen LogP contribution in [0.25, 0.3) is 10.9 Å². The Morgan fingerprint density at radius 3 is 2.44 bits per heavy atom. The average Bonchev–Trinajstić information content (AvgIpc) is 2.61. The van der Waals surface area contributed by atoms with Crippen LogP contribution in [0.15, 0.2) is 24.3 Å². The summed E-state index contributed by atoms with van der Waals surface area (Å²) in [6, 6.07) is 7.87. The molecule has 1 aromatic carbocycles. The lowest BCUT2D eigenvalue weighted by Crippen LogP contribution is -2.51. The Hall–Kier alpha value is -1.99. The van der Waals surface area contributed by atoms with Gasteiger partial charge >= 0.3 is 0 Å². The quantitative estimate of drug-likeness (QED) is 0.838. The standard InChI is InChI=1S/C18H23N3O3S/c1-4-25(23,24)21-9-7-20(8-10-21)18(22)16-12-15-11-13(2)5-6-17(15)19-14(16)3/h5-6,11-12H,4,7-10H2,1-3H3. The van der Waals surface area contributed by atoms with Gasteiger partial charge in [-0.05, 0) is 39.0 Å². The Bertz CT molecular complexity index is 917. The second-order valence-corrected chi connectivity index (χ2v) is 8.67. The molecule has 0 radical (unpaired) electrons. The van der Waals surface area contributed by atoms with Crippen LogP contribution in [0.2, 0.25) is 0 Å². The molecule has 134 valence electrons. The van der Waals surface area contributed by atoms with Crippen LogP contribution >= 0.6 is 0 Å². The van der Waals surface area contributed by atoms with Gasteiger partial charge in [-0.2, -0.15) is 4.31 Å². The first kappa shape index (κ1) is 17.8. The van der Waals surface area contributed by atoms with Gasteiger partial charge < -0.3 is 4.90 Å². The number of nitrogens with zero attached hydrogens (tertiary/aromatic N) is 3. The number of carbonyl (C=O) groups is 1. The van der Waals surface area contributed by atoms with Gasteiger partial charge in [-0.15, -0.1) is 0 Å². The van der Waals surface area contributed by atoms with Gasteiger partial charge in [0.15, 0.2) is 0 Å². The summed E-state index contributed by atoms with van der Waals surface area (Å²) in [5, 5.41) is 0.946. The number of sulfonamides is 1. The minimum Gasteiger partial charge on any atom is -0.336 e. The van der Waals surface area contributed by atoms with E-state index in [1.165, 1.54) is 4.31 Å². The molecule has 1 aromatic heterocycles. The van der Waals surface area contributed by atoms with Crippen LogP contribution in [-0.2, 0) is 10.0 Å². The molecule has 0 bridgehead atoms. The SMILES string of the molecule is CCS(=O)(=O)N1CCN(C(=O)c2cc3cc(C)ccc3nc2C)CC1. The van der Waals surface area contributed by atoms with Crippen LogP contribution in [-0.4, -0.2) is 60.4 Å². The normalized spacial score (nSPS) is 16.4. The molecule has 0 unspecified atom stereocenters. The summed E-state index contributed by atoms with van der Waals surface area (Å²) in [7, 11) is -3.19. The highest BCUT2D eigenvalue weighted by Crippen LogP contribution is 2.20. The minimum absolute atomic E-state index is 0.0815.